The topological polar surface area (TPSA) is 0 Å². The molecule has 114 valence electrons. The Bertz CT molecular complexity index is 761. The number of aryl methyl sites for hydroxylation is 1. The zero-order valence-corrected chi connectivity index (χ0v) is 14.4. The molecule has 0 saturated carbocycles. The van der Waals surface area contributed by atoms with Crippen LogP contribution in [0.5, 0.6) is 0 Å². The van der Waals surface area contributed by atoms with Crippen LogP contribution in [0.15, 0.2) is 54.6 Å². The van der Waals surface area contributed by atoms with Gasteiger partial charge in [0.05, 0.1) is 0 Å². The van der Waals surface area contributed by atoms with Gasteiger partial charge < -0.3 is 0 Å². The normalized spacial score (nSPS) is 10.2. The van der Waals surface area contributed by atoms with Gasteiger partial charge in [0.15, 0.2) is 0 Å². The van der Waals surface area contributed by atoms with Gasteiger partial charge in [-0.25, -0.2) is 0 Å². The highest BCUT2D eigenvalue weighted by molar-refractivity contribution is 6.15. The standard InChI is InChI=1S/C18H14.2C2H6/c1-2-12-9-10-14-15-7-3-5-13-6-4-8-16(18(13)15)17(14)11-12;2*1-2/h3-11H,2H2,1H3;2*1-2H3. The maximum atomic E-state index is 2.35. The lowest BCUT2D eigenvalue weighted by Crippen LogP contribution is -1.82. The summed E-state index contributed by atoms with van der Waals surface area (Å²) >= 11 is 0. The van der Waals surface area contributed by atoms with Crippen LogP contribution in [0.1, 0.15) is 40.2 Å². The summed E-state index contributed by atoms with van der Waals surface area (Å²) in [7, 11) is 0. The molecule has 0 unspecified atom stereocenters. The molecule has 0 bridgehead atoms. The fourth-order valence-corrected chi connectivity index (χ4v) is 3.06. The van der Waals surface area contributed by atoms with Gasteiger partial charge in [0.1, 0.15) is 0 Å². The summed E-state index contributed by atoms with van der Waals surface area (Å²) in [5, 5.41) is 2.77. The van der Waals surface area contributed by atoms with Crippen molar-refractivity contribution in [2.24, 2.45) is 0 Å². The summed E-state index contributed by atoms with van der Waals surface area (Å²) in [5.41, 5.74) is 6.99. The number of fused-ring (bicyclic) bond motifs is 3. The van der Waals surface area contributed by atoms with Crippen molar-refractivity contribution in [3.05, 3.63) is 60.2 Å². The van der Waals surface area contributed by atoms with Crippen molar-refractivity contribution in [2.45, 2.75) is 41.0 Å². The monoisotopic (exact) mass is 290 g/mol. The fourth-order valence-electron chi connectivity index (χ4n) is 3.06. The fraction of sp³-hybridized carbons (Fsp3) is 0.273. The quantitative estimate of drug-likeness (QED) is 0.350. The van der Waals surface area contributed by atoms with E-state index in [2.05, 4.69) is 61.5 Å². The van der Waals surface area contributed by atoms with Gasteiger partial charge in [-0.1, -0.05) is 89.2 Å². The molecule has 0 spiro atoms. The Labute approximate surface area is 134 Å². The van der Waals surface area contributed by atoms with Crippen LogP contribution in [0.4, 0.5) is 0 Å². The Balaban J connectivity index is 0.000000410. The highest BCUT2D eigenvalue weighted by Crippen LogP contribution is 2.47. The van der Waals surface area contributed by atoms with Gasteiger partial charge in [0.25, 0.3) is 0 Å². The van der Waals surface area contributed by atoms with Crippen molar-refractivity contribution in [3.8, 4) is 22.3 Å². The average Bonchev–Trinajstić information content (AvgIpc) is 2.94. The molecule has 4 rings (SSSR count). The molecule has 0 radical (unpaired) electrons. The third-order valence-electron chi connectivity index (χ3n) is 3.98. The first-order valence-corrected chi connectivity index (χ1v) is 8.54. The Kier molecular flexibility index (Phi) is 5.38. The highest BCUT2D eigenvalue weighted by Gasteiger charge is 2.20. The Morgan fingerprint density at radius 3 is 1.82 bits per heavy atom. The van der Waals surface area contributed by atoms with Crippen molar-refractivity contribution < 1.29 is 0 Å². The molecule has 0 heteroatoms. The van der Waals surface area contributed by atoms with E-state index < -0.39 is 0 Å². The molecule has 0 fully saturated rings. The third-order valence-corrected chi connectivity index (χ3v) is 3.98. The van der Waals surface area contributed by atoms with E-state index in [9.17, 15) is 0 Å². The van der Waals surface area contributed by atoms with Crippen molar-refractivity contribution in [3.63, 3.8) is 0 Å². The van der Waals surface area contributed by atoms with E-state index in [-0.39, 0.29) is 0 Å². The van der Waals surface area contributed by atoms with E-state index in [4.69, 9.17) is 0 Å². The van der Waals surface area contributed by atoms with Crippen LogP contribution >= 0.6 is 0 Å². The molecule has 1 aliphatic rings. The molecule has 0 nitrogen and oxygen atoms in total. The lowest BCUT2D eigenvalue weighted by atomic mass is 10.0. The van der Waals surface area contributed by atoms with Crippen LogP contribution in [0.3, 0.4) is 0 Å². The van der Waals surface area contributed by atoms with Gasteiger partial charge in [-0.2, -0.15) is 0 Å². The molecule has 0 saturated heterocycles. The van der Waals surface area contributed by atoms with Crippen LogP contribution in [0.25, 0.3) is 33.0 Å². The minimum Gasteiger partial charge on any atom is -0.0683 e. The maximum Gasteiger partial charge on any atom is -0.00264 e. The predicted octanol–water partition coefficient (Wildman–Crippen LogP) is 7.10. The molecule has 0 amide bonds. The molecule has 0 atom stereocenters. The lowest BCUT2D eigenvalue weighted by Gasteiger charge is -2.04. The average molecular weight is 290 g/mol. The van der Waals surface area contributed by atoms with Crippen molar-refractivity contribution in [2.75, 3.05) is 0 Å². The second kappa shape index (κ2) is 7.26. The van der Waals surface area contributed by atoms with Gasteiger partial charge in [0.2, 0.25) is 0 Å². The zero-order chi connectivity index (χ0) is 16.1. The molecule has 22 heavy (non-hydrogen) atoms. The molecule has 0 N–H and O–H groups in total. The predicted molar refractivity (Wildman–Crippen MR) is 100 cm³/mol. The summed E-state index contributed by atoms with van der Waals surface area (Å²) in [5.74, 6) is 0. The SMILES string of the molecule is CC.CC.CCc1ccc2c(c1)-c1cccc3cccc-2c13. The Hall–Kier alpha value is -2.08. The second-order valence-electron chi connectivity index (χ2n) is 4.94. The molecular weight excluding hydrogens is 264 g/mol. The summed E-state index contributed by atoms with van der Waals surface area (Å²) in [6.45, 7) is 10.2. The summed E-state index contributed by atoms with van der Waals surface area (Å²) in [6, 6.07) is 20.1. The molecule has 0 aromatic heterocycles. The first-order chi connectivity index (χ1) is 10.9. The minimum atomic E-state index is 1.10. The summed E-state index contributed by atoms with van der Waals surface area (Å²) in [6.07, 6.45) is 1.10. The van der Waals surface area contributed by atoms with Gasteiger partial charge in [-0.15, -0.1) is 0 Å². The second-order valence-corrected chi connectivity index (χ2v) is 4.94. The van der Waals surface area contributed by atoms with Gasteiger partial charge in [0, 0.05) is 0 Å². The Morgan fingerprint density at radius 2 is 1.23 bits per heavy atom. The lowest BCUT2D eigenvalue weighted by molar-refractivity contribution is 1.14. The van der Waals surface area contributed by atoms with Crippen LogP contribution in [0.2, 0.25) is 0 Å². The van der Waals surface area contributed by atoms with E-state index >= 15 is 0 Å². The molecule has 3 aromatic carbocycles. The first kappa shape index (κ1) is 16.3. The number of benzene rings is 3. The van der Waals surface area contributed by atoms with E-state index in [1.54, 1.807) is 0 Å². The number of rotatable bonds is 1. The smallest absolute Gasteiger partial charge is 0.00264 e. The summed E-state index contributed by atoms with van der Waals surface area (Å²) < 4.78 is 0. The van der Waals surface area contributed by atoms with Gasteiger partial charge in [-0.3, -0.25) is 0 Å². The summed E-state index contributed by atoms with van der Waals surface area (Å²) in [4.78, 5) is 0. The van der Waals surface area contributed by atoms with E-state index in [0.29, 0.717) is 0 Å². The maximum absolute atomic E-state index is 2.35. The molecule has 0 aliphatic heterocycles. The van der Waals surface area contributed by atoms with Crippen molar-refractivity contribution in [1.82, 2.24) is 0 Å². The highest BCUT2D eigenvalue weighted by atomic mass is 14.2. The molecule has 3 aromatic rings. The van der Waals surface area contributed by atoms with E-state index in [1.807, 2.05) is 27.7 Å². The van der Waals surface area contributed by atoms with Gasteiger partial charge in [-0.05, 0) is 45.0 Å². The van der Waals surface area contributed by atoms with Crippen LogP contribution in [-0.4, -0.2) is 0 Å². The van der Waals surface area contributed by atoms with E-state index in [1.165, 1.54) is 38.6 Å². The zero-order valence-electron chi connectivity index (χ0n) is 14.4. The van der Waals surface area contributed by atoms with Crippen LogP contribution in [0, 0.1) is 0 Å². The van der Waals surface area contributed by atoms with Gasteiger partial charge >= 0.3 is 0 Å². The molecule has 1 aliphatic carbocycles. The molecular formula is C22H26. The largest absolute Gasteiger partial charge is 0.0683 e. The molecule has 0 heterocycles. The van der Waals surface area contributed by atoms with Crippen LogP contribution in [-0.2, 0) is 6.42 Å². The van der Waals surface area contributed by atoms with E-state index in [0.717, 1.165) is 6.42 Å². The van der Waals surface area contributed by atoms with Crippen molar-refractivity contribution in [1.29, 1.82) is 0 Å². The van der Waals surface area contributed by atoms with Crippen molar-refractivity contribution >= 4 is 10.8 Å². The number of hydrogen-bond donors (Lipinski definition) is 0. The minimum absolute atomic E-state index is 1.10. The van der Waals surface area contributed by atoms with Crippen LogP contribution < -0.4 is 0 Å². The third kappa shape index (κ3) is 2.54. The number of hydrogen-bond acceptors (Lipinski definition) is 0. The first-order valence-electron chi connectivity index (χ1n) is 8.54. The Morgan fingerprint density at radius 1 is 0.636 bits per heavy atom.